The number of ether oxygens (including phenoxy) is 2. The lowest BCUT2D eigenvalue weighted by molar-refractivity contribution is -0.268. The highest BCUT2D eigenvalue weighted by Gasteiger charge is 2.38. The normalized spacial score (nSPS) is 19.2. The first-order valence-corrected chi connectivity index (χ1v) is 18.2. The third-order valence-electron chi connectivity index (χ3n) is 8.44. The number of nitrogens with zero attached hydrogens (tertiary/aromatic N) is 2. The molecule has 1 fully saturated rings. The number of aliphatic hydroxyl groups is 1. The number of hydrogen-bond acceptors (Lipinski definition) is 9. The van der Waals surface area contributed by atoms with Gasteiger partial charge in [0.2, 0.25) is 11.8 Å². The molecule has 0 aliphatic carbocycles. The summed E-state index contributed by atoms with van der Waals surface area (Å²) >= 11 is 3.24. The molecule has 4 aromatic rings. The van der Waals surface area contributed by atoms with Crippen molar-refractivity contribution in [2.75, 3.05) is 12.3 Å². The Balaban J connectivity index is 1.25. The summed E-state index contributed by atoms with van der Waals surface area (Å²) in [5.41, 5.74) is 5.97. The Labute approximate surface area is 290 Å². The monoisotopic (exact) mass is 688 g/mol. The van der Waals surface area contributed by atoms with Gasteiger partial charge >= 0.3 is 0 Å². The SMILES string of the molecule is CC(=O)NCCCCCC(=O)NCc1ccccc1-c1ccc([C@H]2O[C@@H](CSc3nnc(C)s3)[C@@H](C)[C@@H](c3ccc(CO)cc3)O2)cc1. The van der Waals surface area contributed by atoms with Gasteiger partial charge in [0.05, 0.1) is 18.8 Å². The first kappa shape index (κ1) is 35.7. The summed E-state index contributed by atoms with van der Waals surface area (Å²) in [6.07, 6.45) is 2.15. The van der Waals surface area contributed by atoms with E-state index in [1.165, 1.54) is 6.92 Å². The van der Waals surface area contributed by atoms with Crippen molar-refractivity contribution < 1.29 is 24.2 Å². The Kier molecular flexibility index (Phi) is 13.2. The average Bonchev–Trinajstić information content (AvgIpc) is 3.53. The molecule has 2 heterocycles. The quantitative estimate of drug-likeness (QED) is 0.0911. The fraction of sp³-hybridized carbons (Fsp3) is 0.405. The van der Waals surface area contributed by atoms with Gasteiger partial charge in [0.25, 0.3) is 0 Å². The van der Waals surface area contributed by atoms with Gasteiger partial charge in [0.15, 0.2) is 10.6 Å². The minimum Gasteiger partial charge on any atom is -0.392 e. The number of unbranched alkanes of at least 4 members (excludes halogenated alkanes) is 2. The van der Waals surface area contributed by atoms with Gasteiger partial charge in [-0.15, -0.1) is 10.2 Å². The Morgan fingerprint density at radius 1 is 0.917 bits per heavy atom. The van der Waals surface area contributed by atoms with E-state index in [1.807, 2.05) is 49.4 Å². The lowest BCUT2D eigenvalue weighted by Gasteiger charge is -2.41. The molecule has 2 amide bonds. The highest BCUT2D eigenvalue weighted by molar-refractivity contribution is 8.01. The molecule has 0 unspecified atom stereocenters. The number of nitrogens with one attached hydrogen (secondary N) is 2. The molecule has 5 rings (SSSR count). The van der Waals surface area contributed by atoms with E-state index >= 15 is 0 Å². The van der Waals surface area contributed by atoms with Gasteiger partial charge in [-0.2, -0.15) is 0 Å². The van der Waals surface area contributed by atoms with Crippen LogP contribution in [-0.4, -0.2) is 45.5 Å². The molecule has 1 aliphatic heterocycles. The van der Waals surface area contributed by atoms with Crippen LogP contribution in [0.3, 0.4) is 0 Å². The Morgan fingerprint density at radius 3 is 2.38 bits per heavy atom. The van der Waals surface area contributed by atoms with Crippen molar-refractivity contribution in [1.29, 1.82) is 0 Å². The number of hydrogen-bond donors (Lipinski definition) is 3. The highest BCUT2D eigenvalue weighted by atomic mass is 32.2. The minimum atomic E-state index is -0.563. The third-order valence-corrected chi connectivity index (χ3v) is 10.5. The summed E-state index contributed by atoms with van der Waals surface area (Å²) in [4.78, 5) is 23.5. The minimum absolute atomic E-state index is 0.00238. The molecule has 1 saturated heterocycles. The Hall–Kier alpha value is -3.61. The van der Waals surface area contributed by atoms with Gasteiger partial charge < -0.3 is 25.2 Å². The standard InChI is InChI=1S/C37H44N4O5S2/c1-24-33(23-47-37-41-40-26(3)48-37)45-36(46-35(24)29-14-12-27(22-42)13-15-29)30-18-16-28(17-19-30)32-10-7-6-9-31(32)21-39-34(44)11-5-4-8-20-38-25(2)43/h6-7,9-10,12-19,24,33,35-36,42H,4-5,8,11,20-23H2,1-3H3,(H,38,43)(H,39,44)/t24-,33+,35+,36+/m1/s1. The summed E-state index contributed by atoms with van der Waals surface area (Å²) in [6, 6.07) is 24.3. The molecular weight excluding hydrogens is 645 g/mol. The van der Waals surface area contributed by atoms with E-state index in [1.54, 1.807) is 23.1 Å². The number of thioether (sulfide) groups is 1. The van der Waals surface area contributed by atoms with Gasteiger partial charge in [0, 0.05) is 43.7 Å². The van der Waals surface area contributed by atoms with Crippen molar-refractivity contribution in [1.82, 2.24) is 20.8 Å². The van der Waals surface area contributed by atoms with Gasteiger partial charge in [-0.05, 0) is 47.6 Å². The zero-order valence-corrected chi connectivity index (χ0v) is 29.3. The summed E-state index contributed by atoms with van der Waals surface area (Å²) in [5, 5.41) is 24.8. The molecule has 1 aromatic heterocycles. The molecule has 0 saturated carbocycles. The first-order chi connectivity index (χ1) is 23.3. The number of aryl methyl sites for hydroxylation is 1. The summed E-state index contributed by atoms with van der Waals surface area (Å²) < 4.78 is 14.2. The maximum atomic E-state index is 12.5. The second kappa shape index (κ2) is 17.7. The summed E-state index contributed by atoms with van der Waals surface area (Å²) in [5.74, 6) is 0.790. The molecule has 11 heteroatoms. The van der Waals surface area contributed by atoms with Crippen molar-refractivity contribution in [3.63, 3.8) is 0 Å². The van der Waals surface area contributed by atoms with Crippen molar-refractivity contribution >= 4 is 34.9 Å². The lowest BCUT2D eigenvalue weighted by atomic mass is 9.91. The van der Waals surface area contributed by atoms with Crippen LogP contribution in [0, 0.1) is 12.8 Å². The number of benzene rings is 3. The molecule has 0 radical (unpaired) electrons. The Bertz CT molecular complexity index is 1630. The topological polar surface area (TPSA) is 123 Å². The van der Waals surface area contributed by atoms with Crippen molar-refractivity contribution in [3.8, 4) is 11.1 Å². The van der Waals surface area contributed by atoms with E-state index in [0.29, 0.717) is 19.5 Å². The molecular formula is C37H44N4O5S2. The predicted octanol–water partition coefficient (Wildman–Crippen LogP) is 6.90. The number of amides is 2. The van der Waals surface area contributed by atoms with Crippen LogP contribution in [-0.2, 0) is 32.2 Å². The number of carbonyl (C=O) groups excluding carboxylic acids is 2. The van der Waals surface area contributed by atoms with Crippen LogP contribution in [0.4, 0.5) is 0 Å². The summed E-state index contributed by atoms with van der Waals surface area (Å²) in [7, 11) is 0. The molecule has 3 aromatic carbocycles. The fourth-order valence-corrected chi connectivity index (χ4v) is 7.72. The van der Waals surface area contributed by atoms with E-state index in [-0.39, 0.29) is 36.5 Å². The van der Waals surface area contributed by atoms with Crippen molar-refractivity contribution in [2.45, 2.75) is 82.4 Å². The van der Waals surface area contributed by atoms with E-state index < -0.39 is 6.29 Å². The van der Waals surface area contributed by atoms with E-state index in [2.05, 4.69) is 58.1 Å². The van der Waals surface area contributed by atoms with E-state index in [0.717, 1.165) is 67.7 Å². The Morgan fingerprint density at radius 2 is 1.67 bits per heavy atom. The van der Waals surface area contributed by atoms with Crippen LogP contribution in [0.2, 0.25) is 0 Å². The lowest BCUT2D eigenvalue weighted by Crippen LogP contribution is -2.38. The largest absolute Gasteiger partial charge is 0.392 e. The smallest absolute Gasteiger partial charge is 0.220 e. The maximum Gasteiger partial charge on any atom is 0.220 e. The van der Waals surface area contributed by atoms with Crippen LogP contribution in [0.25, 0.3) is 11.1 Å². The number of aromatic nitrogens is 2. The molecule has 4 atom stereocenters. The van der Waals surface area contributed by atoms with Crippen LogP contribution in [0.15, 0.2) is 77.1 Å². The van der Waals surface area contributed by atoms with Crippen LogP contribution in [0.5, 0.6) is 0 Å². The molecule has 1 aliphatic rings. The highest BCUT2D eigenvalue weighted by Crippen LogP contribution is 2.43. The zero-order chi connectivity index (χ0) is 33.9. The van der Waals surface area contributed by atoms with Gasteiger partial charge in [-0.25, -0.2) is 0 Å². The van der Waals surface area contributed by atoms with Crippen LogP contribution < -0.4 is 10.6 Å². The molecule has 254 valence electrons. The zero-order valence-electron chi connectivity index (χ0n) is 27.7. The second-order valence-electron chi connectivity index (χ2n) is 12.1. The number of carbonyl (C=O) groups is 2. The van der Waals surface area contributed by atoms with Crippen molar-refractivity contribution in [3.05, 3.63) is 100 Å². The van der Waals surface area contributed by atoms with E-state index in [9.17, 15) is 14.7 Å². The molecule has 48 heavy (non-hydrogen) atoms. The summed E-state index contributed by atoms with van der Waals surface area (Å²) in [6.45, 7) is 6.71. The van der Waals surface area contributed by atoms with Gasteiger partial charge in [-0.3, -0.25) is 9.59 Å². The van der Waals surface area contributed by atoms with Gasteiger partial charge in [0.1, 0.15) is 5.01 Å². The van der Waals surface area contributed by atoms with Gasteiger partial charge in [-0.1, -0.05) is 109 Å². The fourth-order valence-electron chi connectivity index (χ4n) is 5.71. The van der Waals surface area contributed by atoms with Crippen LogP contribution >= 0.6 is 23.1 Å². The average molecular weight is 689 g/mol. The third kappa shape index (κ3) is 9.96. The van der Waals surface area contributed by atoms with Crippen LogP contribution in [0.1, 0.15) is 79.2 Å². The maximum absolute atomic E-state index is 12.5. The second-order valence-corrected chi connectivity index (χ2v) is 14.5. The van der Waals surface area contributed by atoms with E-state index in [4.69, 9.17) is 9.47 Å². The first-order valence-electron chi connectivity index (χ1n) is 16.4. The predicted molar refractivity (Wildman–Crippen MR) is 189 cm³/mol. The molecule has 3 N–H and O–H groups in total. The van der Waals surface area contributed by atoms with Crippen molar-refractivity contribution in [2.24, 2.45) is 5.92 Å². The molecule has 0 bridgehead atoms. The number of aliphatic hydroxyl groups excluding tert-OH is 1. The molecule has 9 nitrogen and oxygen atoms in total. The number of rotatable bonds is 15. The molecule has 0 spiro atoms.